The van der Waals surface area contributed by atoms with Crippen LogP contribution in [0.15, 0.2) is 24.3 Å². The van der Waals surface area contributed by atoms with Gasteiger partial charge in [-0.1, -0.05) is 17.7 Å². The van der Waals surface area contributed by atoms with Gasteiger partial charge in [0.05, 0.1) is 28.4 Å². The number of carbonyl (C=O) groups excluding carboxylic acids is 1. The highest BCUT2D eigenvalue weighted by Gasteiger charge is 2.29. The van der Waals surface area contributed by atoms with Gasteiger partial charge >= 0.3 is 0 Å². The number of aromatic nitrogens is 4. The SMILES string of the molecule is CCOCCCNC(=O)C1CCCN(c2nnc(C)c3c(C)n(-c4ccc(C)cc4)nc23)C1. The van der Waals surface area contributed by atoms with E-state index in [1.165, 1.54) is 5.56 Å². The molecule has 8 heteroatoms. The third-order valence-electron chi connectivity index (χ3n) is 6.32. The first-order valence-corrected chi connectivity index (χ1v) is 11.9. The number of nitrogens with zero attached hydrogens (tertiary/aromatic N) is 5. The lowest BCUT2D eigenvalue weighted by atomic mass is 9.97. The zero-order valence-corrected chi connectivity index (χ0v) is 20.1. The minimum atomic E-state index is -0.0655. The van der Waals surface area contributed by atoms with Gasteiger partial charge < -0.3 is 15.0 Å². The Morgan fingerprint density at radius 2 is 1.97 bits per heavy atom. The molecule has 1 saturated heterocycles. The molecule has 8 nitrogen and oxygen atoms in total. The maximum Gasteiger partial charge on any atom is 0.224 e. The first kappa shape index (κ1) is 23.2. The lowest BCUT2D eigenvalue weighted by Crippen LogP contribution is -2.43. The lowest BCUT2D eigenvalue weighted by Gasteiger charge is -2.32. The highest BCUT2D eigenvalue weighted by atomic mass is 16.5. The van der Waals surface area contributed by atoms with Gasteiger partial charge in [-0.25, -0.2) is 4.68 Å². The minimum absolute atomic E-state index is 0.0655. The van der Waals surface area contributed by atoms with Crippen molar-refractivity contribution in [1.82, 2.24) is 25.3 Å². The van der Waals surface area contributed by atoms with Crippen LogP contribution in [0.25, 0.3) is 16.6 Å². The molecule has 1 unspecified atom stereocenters. The predicted octanol–water partition coefficient (Wildman–Crippen LogP) is 3.50. The van der Waals surface area contributed by atoms with E-state index in [4.69, 9.17) is 9.84 Å². The van der Waals surface area contributed by atoms with Crippen molar-refractivity contribution in [1.29, 1.82) is 0 Å². The van der Waals surface area contributed by atoms with Crippen LogP contribution in [0, 0.1) is 26.7 Å². The molecule has 4 rings (SSSR count). The van der Waals surface area contributed by atoms with Crippen LogP contribution in [0.2, 0.25) is 0 Å². The second-order valence-corrected chi connectivity index (χ2v) is 8.79. The summed E-state index contributed by atoms with van der Waals surface area (Å²) < 4.78 is 7.32. The number of hydrogen-bond donors (Lipinski definition) is 1. The number of ether oxygens (including phenoxy) is 1. The van der Waals surface area contributed by atoms with Crippen molar-refractivity contribution < 1.29 is 9.53 Å². The standard InChI is InChI=1S/C25H34N6O2/c1-5-33-15-7-13-26-25(32)20-8-6-14-30(16-20)24-23-22(18(3)27-28-24)19(4)31(29-23)21-11-9-17(2)10-12-21/h9-12,20H,5-8,13-16H2,1-4H3,(H,26,32). The first-order valence-electron chi connectivity index (χ1n) is 11.9. The van der Waals surface area contributed by atoms with Gasteiger partial charge in [0, 0.05) is 32.8 Å². The summed E-state index contributed by atoms with van der Waals surface area (Å²) in [6.45, 7) is 11.6. The zero-order chi connectivity index (χ0) is 23.4. The van der Waals surface area contributed by atoms with Crippen LogP contribution in [0.4, 0.5) is 5.82 Å². The van der Waals surface area contributed by atoms with Crippen LogP contribution < -0.4 is 10.2 Å². The second-order valence-electron chi connectivity index (χ2n) is 8.79. The Kier molecular flexibility index (Phi) is 7.23. The number of hydrogen-bond acceptors (Lipinski definition) is 6. The van der Waals surface area contributed by atoms with Gasteiger partial charge in [0.15, 0.2) is 5.82 Å². The topological polar surface area (TPSA) is 85.2 Å². The molecule has 0 radical (unpaired) electrons. The van der Waals surface area contributed by atoms with Crippen LogP contribution in [-0.4, -0.2) is 58.7 Å². The normalized spacial score (nSPS) is 16.4. The number of amides is 1. The molecule has 1 aliphatic heterocycles. The maximum atomic E-state index is 12.8. The lowest BCUT2D eigenvalue weighted by molar-refractivity contribution is -0.125. The molecule has 2 aromatic heterocycles. The van der Waals surface area contributed by atoms with E-state index in [0.29, 0.717) is 26.3 Å². The largest absolute Gasteiger partial charge is 0.382 e. The molecule has 1 N–H and O–H groups in total. The Labute approximate surface area is 195 Å². The van der Waals surface area contributed by atoms with Gasteiger partial charge in [0.2, 0.25) is 5.91 Å². The van der Waals surface area contributed by atoms with Crippen molar-refractivity contribution in [3.05, 3.63) is 41.2 Å². The average Bonchev–Trinajstić information content (AvgIpc) is 3.17. The Morgan fingerprint density at radius 1 is 1.18 bits per heavy atom. The summed E-state index contributed by atoms with van der Waals surface area (Å²) in [5.41, 5.74) is 4.98. The fraction of sp³-hybridized carbons (Fsp3) is 0.520. The predicted molar refractivity (Wildman–Crippen MR) is 130 cm³/mol. The Balaban J connectivity index is 1.56. The smallest absolute Gasteiger partial charge is 0.224 e. The van der Waals surface area contributed by atoms with E-state index in [0.717, 1.165) is 59.6 Å². The summed E-state index contributed by atoms with van der Waals surface area (Å²) in [6, 6.07) is 8.34. The summed E-state index contributed by atoms with van der Waals surface area (Å²) in [5.74, 6) is 0.802. The molecule has 1 aromatic carbocycles. The van der Waals surface area contributed by atoms with Gasteiger partial charge in [-0.05, 0) is 59.1 Å². The second kappa shape index (κ2) is 10.3. The summed E-state index contributed by atoms with van der Waals surface area (Å²) in [6.07, 6.45) is 2.65. The number of anilines is 1. The van der Waals surface area contributed by atoms with Crippen LogP contribution >= 0.6 is 0 Å². The molecule has 3 heterocycles. The average molecular weight is 451 g/mol. The fourth-order valence-corrected chi connectivity index (χ4v) is 4.52. The minimum Gasteiger partial charge on any atom is -0.382 e. The molecule has 3 aromatic rings. The van der Waals surface area contributed by atoms with Crippen molar-refractivity contribution in [2.75, 3.05) is 37.7 Å². The van der Waals surface area contributed by atoms with E-state index in [1.807, 2.05) is 18.5 Å². The van der Waals surface area contributed by atoms with Crippen LogP contribution in [0.3, 0.4) is 0 Å². The molecule has 0 bridgehead atoms. The van der Waals surface area contributed by atoms with Gasteiger partial charge in [0.25, 0.3) is 0 Å². The number of benzene rings is 1. The number of fused-ring (bicyclic) bond motifs is 1. The van der Waals surface area contributed by atoms with E-state index >= 15 is 0 Å². The van der Waals surface area contributed by atoms with Crippen molar-refractivity contribution in [3.63, 3.8) is 0 Å². The third kappa shape index (κ3) is 5.00. The van der Waals surface area contributed by atoms with Gasteiger partial charge in [0.1, 0.15) is 5.52 Å². The van der Waals surface area contributed by atoms with Gasteiger partial charge in [-0.3, -0.25) is 4.79 Å². The van der Waals surface area contributed by atoms with Crippen molar-refractivity contribution in [2.24, 2.45) is 5.92 Å². The molecule has 0 aliphatic carbocycles. The van der Waals surface area contributed by atoms with E-state index in [9.17, 15) is 4.79 Å². The Morgan fingerprint density at radius 3 is 2.73 bits per heavy atom. The highest BCUT2D eigenvalue weighted by molar-refractivity contribution is 5.92. The summed E-state index contributed by atoms with van der Waals surface area (Å²) in [7, 11) is 0. The van der Waals surface area contributed by atoms with E-state index in [1.54, 1.807) is 0 Å². The molecule has 0 spiro atoms. The number of aryl methyl sites for hydroxylation is 3. The molecule has 1 amide bonds. The molecule has 1 fully saturated rings. The van der Waals surface area contributed by atoms with Crippen molar-refractivity contribution in [2.45, 2.75) is 47.0 Å². The number of rotatable bonds is 8. The number of nitrogens with one attached hydrogen (secondary N) is 1. The van der Waals surface area contributed by atoms with E-state index in [2.05, 4.69) is 58.5 Å². The Bertz CT molecular complexity index is 1110. The van der Waals surface area contributed by atoms with E-state index < -0.39 is 0 Å². The molecule has 0 saturated carbocycles. The van der Waals surface area contributed by atoms with Crippen molar-refractivity contribution in [3.8, 4) is 5.69 Å². The molecule has 1 atom stereocenters. The zero-order valence-electron chi connectivity index (χ0n) is 20.1. The van der Waals surface area contributed by atoms with Gasteiger partial charge in [-0.15, -0.1) is 5.10 Å². The molecule has 33 heavy (non-hydrogen) atoms. The quantitative estimate of drug-likeness (QED) is 0.529. The van der Waals surface area contributed by atoms with Gasteiger partial charge in [-0.2, -0.15) is 10.2 Å². The Hall–Kier alpha value is -3.00. The van der Waals surface area contributed by atoms with Crippen LogP contribution in [0.5, 0.6) is 0 Å². The molecule has 176 valence electrons. The number of carbonyl (C=O) groups is 1. The molecule has 1 aliphatic rings. The first-order chi connectivity index (χ1) is 16.0. The summed E-state index contributed by atoms with van der Waals surface area (Å²) >= 11 is 0. The van der Waals surface area contributed by atoms with Crippen LogP contribution in [0.1, 0.15) is 43.1 Å². The highest BCUT2D eigenvalue weighted by Crippen LogP contribution is 2.31. The monoisotopic (exact) mass is 450 g/mol. The van der Waals surface area contributed by atoms with E-state index in [-0.39, 0.29) is 11.8 Å². The fourth-order valence-electron chi connectivity index (χ4n) is 4.52. The molecular formula is C25H34N6O2. The summed E-state index contributed by atoms with van der Waals surface area (Å²) in [5, 5.41) is 18.0. The number of piperidine rings is 1. The third-order valence-corrected chi connectivity index (χ3v) is 6.32. The van der Waals surface area contributed by atoms with Crippen molar-refractivity contribution >= 4 is 22.6 Å². The maximum absolute atomic E-state index is 12.8. The molecular weight excluding hydrogens is 416 g/mol. The van der Waals surface area contributed by atoms with Crippen LogP contribution in [-0.2, 0) is 9.53 Å². The summed E-state index contributed by atoms with van der Waals surface area (Å²) in [4.78, 5) is 14.9.